The molecule has 0 atom stereocenters. The van der Waals surface area contributed by atoms with Crippen molar-refractivity contribution in [3.63, 3.8) is 0 Å². The van der Waals surface area contributed by atoms with E-state index < -0.39 is 10.9 Å². The second-order valence-electron chi connectivity index (χ2n) is 5.99. The summed E-state index contributed by atoms with van der Waals surface area (Å²) in [5.41, 5.74) is 2.55. The molecule has 2 aromatic rings. The summed E-state index contributed by atoms with van der Waals surface area (Å²) in [6.07, 6.45) is 4.77. The minimum absolute atomic E-state index is 0.0439. The number of hydrogen-bond acceptors (Lipinski definition) is 5. The van der Waals surface area contributed by atoms with Gasteiger partial charge in [-0.15, -0.1) is 0 Å². The largest absolute Gasteiger partial charge is 0.402 e. The van der Waals surface area contributed by atoms with Crippen LogP contribution in [0.4, 0.5) is 5.69 Å². The summed E-state index contributed by atoms with van der Waals surface area (Å²) in [5, 5.41) is 10.9. The predicted octanol–water partition coefficient (Wildman–Crippen LogP) is 4.28. The van der Waals surface area contributed by atoms with Crippen molar-refractivity contribution in [2.45, 2.75) is 26.2 Å². The van der Waals surface area contributed by atoms with Crippen LogP contribution in [0.5, 0.6) is 0 Å². The van der Waals surface area contributed by atoms with Crippen molar-refractivity contribution in [3.05, 3.63) is 81.0 Å². The van der Waals surface area contributed by atoms with E-state index in [-0.39, 0.29) is 17.3 Å². The third-order valence-electron chi connectivity index (χ3n) is 4.02. The topological polar surface area (TPSA) is 81.8 Å². The van der Waals surface area contributed by atoms with Crippen LogP contribution in [0.3, 0.4) is 0 Å². The van der Waals surface area contributed by atoms with Gasteiger partial charge in [0, 0.05) is 17.7 Å². The summed E-state index contributed by atoms with van der Waals surface area (Å²) in [5.74, 6) is -0.324. The maximum absolute atomic E-state index is 12.1. The van der Waals surface area contributed by atoms with Crippen molar-refractivity contribution < 1.29 is 14.5 Å². The lowest BCUT2D eigenvalue weighted by molar-refractivity contribution is -0.384. The Morgan fingerprint density at radius 3 is 2.65 bits per heavy atom. The zero-order valence-corrected chi connectivity index (χ0v) is 14.3. The van der Waals surface area contributed by atoms with Gasteiger partial charge in [-0.1, -0.05) is 37.6 Å². The quantitative estimate of drug-likeness (QED) is 0.337. The number of rotatable bonds is 6. The van der Waals surface area contributed by atoms with Gasteiger partial charge in [0.15, 0.2) is 5.70 Å². The molecule has 2 aromatic carbocycles. The van der Waals surface area contributed by atoms with Crippen LogP contribution in [-0.4, -0.2) is 16.8 Å². The number of esters is 1. The van der Waals surface area contributed by atoms with Crippen LogP contribution in [-0.2, 0) is 16.0 Å². The summed E-state index contributed by atoms with van der Waals surface area (Å²) < 4.78 is 5.24. The van der Waals surface area contributed by atoms with E-state index in [0.29, 0.717) is 5.56 Å². The first kappa shape index (κ1) is 17.5. The minimum Gasteiger partial charge on any atom is -0.402 e. The maximum Gasteiger partial charge on any atom is 0.363 e. The SMILES string of the molecule is CCCCc1ccc(C2=NC(=Cc3cccc([N+](=O)[O-])c3)C(=O)O2)cc1. The molecule has 0 saturated carbocycles. The second-order valence-corrected chi connectivity index (χ2v) is 5.99. The van der Waals surface area contributed by atoms with E-state index in [1.807, 2.05) is 24.3 Å². The first-order chi connectivity index (χ1) is 12.6. The molecular weight excluding hydrogens is 332 g/mol. The molecule has 0 unspecified atom stereocenters. The molecule has 0 amide bonds. The number of hydrogen-bond donors (Lipinski definition) is 0. The Labute approximate surface area is 151 Å². The molecule has 1 aliphatic rings. The first-order valence-corrected chi connectivity index (χ1v) is 8.43. The fraction of sp³-hybridized carbons (Fsp3) is 0.200. The lowest BCUT2D eigenvalue weighted by atomic mass is 10.1. The lowest BCUT2D eigenvalue weighted by Gasteiger charge is -2.02. The molecule has 0 aromatic heterocycles. The Morgan fingerprint density at radius 1 is 1.19 bits per heavy atom. The van der Waals surface area contributed by atoms with Crippen molar-refractivity contribution in [2.24, 2.45) is 4.99 Å². The average Bonchev–Trinajstić information content (AvgIpc) is 3.01. The molecule has 6 heteroatoms. The maximum atomic E-state index is 12.1. The van der Waals surface area contributed by atoms with Crippen LogP contribution < -0.4 is 0 Å². The summed E-state index contributed by atoms with van der Waals surface area (Å²) in [6.45, 7) is 2.15. The summed E-state index contributed by atoms with van der Waals surface area (Å²) >= 11 is 0. The number of aryl methyl sites for hydroxylation is 1. The number of carbonyl (C=O) groups is 1. The van der Waals surface area contributed by atoms with E-state index in [4.69, 9.17) is 4.74 Å². The molecule has 1 heterocycles. The van der Waals surface area contributed by atoms with E-state index in [9.17, 15) is 14.9 Å². The molecule has 0 spiro atoms. The second kappa shape index (κ2) is 7.74. The van der Waals surface area contributed by atoms with Gasteiger partial charge in [0.1, 0.15) is 0 Å². The van der Waals surface area contributed by atoms with Gasteiger partial charge in [0.25, 0.3) is 5.69 Å². The number of aliphatic imine (C=N–C) groups is 1. The van der Waals surface area contributed by atoms with Gasteiger partial charge in [-0.25, -0.2) is 9.79 Å². The highest BCUT2D eigenvalue weighted by atomic mass is 16.6. The van der Waals surface area contributed by atoms with Crippen LogP contribution in [0.1, 0.15) is 36.5 Å². The minimum atomic E-state index is -0.568. The van der Waals surface area contributed by atoms with Gasteiger partial charge >= 0.3 is 5.97 Å². The molecule has 0 radical (unpaired) electrons. The van der Waals surface area contributed by atoms with Crippen molar-refractivity contribution in [1.82, 2.24) is 0 Å². The van der Waals surface area contributed by atoms with Crippen molar-refractivity contribution in [3.8, 4) is 0 Å². The van der Waals surface area contributed by atoms with Crippen LogP contribution in [0.15, 0.2) is 59.2 Å². The zero-order valence-electron chi connectivity index (χ0n) is 14.3. The van der Waals surface area contributed by atoms with Gasteiger partial charge in [-0.05, 0) is 42.2 Å². The molecule has 132 valence electrons. The fourth-order valence-corrected chi connectivity index (χ4v) is 2.61. The Balaban J connectivity index is 1.82. The number of benzene rings is 2. The number of carbonyl (C=O) groups excluding carboxylic acids is 1. The van der Waals surface area contributed by atoms with E-state index in [1.165, 1.54) is 23.8 Å². The standard InChI is InChI=1S/C20H18N2O4/c1-2-3-5-14-8-10-16(11-9-14)19-21-18(20(23)26-19)13-15-6-4-7-17(12-15)22(24)25/h4,6-13H,2-3,5H2,1H3. The van der Waals surface area contributed by atoms with E-state index in [1.54, 1.807) is 12.1 Å². The van der Waals surface area contributed by atoms with Crippen LogP contribution in [0, 0.1) is 10.1 Å². The smallest absolute Gasteiger partial charge is 0.363 e. The van der Waals surface area contributed by atoms with E-state index in [0.717, 1.165) is 24.8 Å². The molecular formula is C20H18N2O4. The van der Waals surface area contributed by atoms with Crippen molar-refractivity contribution in [2.75, 3.05) is 0 Å². The number of nitro groups is 1. The fourth-order valence-electron chi connectivity index (χ4n) is 2.61. The number of non-ortho nitro benzene ring substituents is 1. The average molecular weight is 350 g/mol. The van der Waals surface area contributed by atoms with E-state index in [2.05, 4.69) is 11.9 Å². The molecule has 0 saturated heterocycles. The summed E-state index contributed by atoms with van der Waals surface area (Å²) in [4.78, 5) is 26.7. The third kappa shape index (κ3) is 4.03. The monoisotopic (exact) mass is 350 g/mol. The normalized spacial score (nSPS) is 15.0. The van der Waals surface area contributed by atoms with Crippen LogP contribution in [0.25, 0.3) is 6.08 Å². The number of ether oxygens (including phenoxy) is 1. The Morgan fingerprint density at radius 2 is 1.96 bits per heavy atom. The van der Waals surface area contributed by atoms with Crippen LogP contribution >= 0.6 is 0 Å². The molecule has 26 heavy (non-hydrogen) atoms. The molecule has 3 rings (SSSR count). The Hall–Kier alpha value is -3.28. The zero-order chi connectivity index (χ0) is 18.5. The van der Waals surface area contributed by atoms with Gasteiger partial charge in [-0.2, -0.15) is 0 Å². The number of unbranched alkanes of at least 4 members (excludes halogenated alkanes) is 1. The predicted molar refractivity (Wildman–Crippen MR) is 98.8 cm³/mol. The Kier molecular flexibility index (Phi) is 5.22. The highest BCUT2D eigenvalue weighted by Gasteiger charge is 2.24. The summed E-state index contributed by atoms with van der Waals surface area (Å²) in [6, 6.07) is 13.8. The Bertz CT molecular complexity index is 898. The highest BCUT2D eigenvalue weighted by Crippen LogP contribution is 2.21. The van der Waals surface area contributed by atoms with Crippen molar-refractivity contribution >= 4 is 23.6 Å². The molecule has 0 aliphatic carbocycles. The lowest BCUT2D eigenvalue weighted by Crippen LogP contribution is -2.05. The molecule has 0 fully saturated rings. The third-order valence-corrected chi connectivity index (χ3v) is 4.02. The number of nitro benzene ring substituents is 1. The molecule has 1 aliphatic heterocycles. The van der Waals surface area contributed by atoms with Gasteiger partial charge < -0.3 is 4.74 Å². The van der Waals surface area contributed by atoms with Gasteiger partial charge in [0.2, 0.25) is 5.90 Å². The van der Waals surface area contributed by atoms with Crippen LogP contribution in [0.2, 0.25) is 0 Å². The van der Waals surface area contributed by atoms with Crippen molar-refractivity contribution in [1.29, 1.82) is 0 Å². The first-order valence-electron chi connectivity index (χ1n) is 8.43. The number of nitrogens with zero attached hydrogens (tertiary/aromatic N) is 2. The molecule has 6 nitrogen and oxygen atoms in total. The van der Waals surface area contributed by atoms with Gasteiger partial charge in [-0.3, -0.25) is 10.1 Å². The number of cyclic esters (lactones) is 1. The van der Waals surface area contributed by atoms with Gasteiger partial charge in [0.05, 0.1) is 4.92 Å². The molecule has 0 N–H and O–H groups in total. The molecule has 0 bridgehead atoms. The summed E-state index contributed by atoms with van der Waals surface area (Å²) in [7, 11) is 0. The highest BCUT2D eigenvalue weighted by molar-refractivity contribution is 6.12. The van der Waals surface area contributed by atoms with E-state index >= 15 is 0 Å².